The van der Waals surface area contributed by atoms with Crippen molar-refractivity contribution in [3.8, 4) is 0 Å². The molecule has 2 heterocycles. The Balaban J connectivity index is 2.06. The topological polar surface area (TPSA) is 126 Å². The van der Waals surface area contributed by atoms with Gasteiger partial charge in [-0.3, -0.25) is 4.79 Å². The van der Waals surface area contributed by atoms with E-state index in [-0.39, 0.29) is 5.78 Å². The number of aliphatic hydroxyl groups is 4. The largest absolute Gasteiger partial charge is 0.394 e. The Labute approximate surface area is 115 Å². The van der Waals surface area contributed by atoms with Crippen LogP contribution < -0.4 is 0 Å². The van der Waals surface area contributed by atoms with Crippen molar-refractivity contribution in [3.05, 3.63) is 0 Å². The molecule has 0 aromatic carbocycles. The second kappa shape index (κ2) is 6.02. The summed E-state index contributed by atoms with van der Waals surface area (Å²) >= 11 is 0. The van der Waals surface area contributed by atoms with Crippen molar-refractivity contribution in [2.24, 2.45) is 0 Å². The summed E-state index contributed by atoms with van der Waals surface area (Å²) < 4.78 is 15.9. The molecule has 8 atom stereocenters. The van der Waals surface area contributed by atoms with Gasteiger partial charge in [0.2, 0.25) is 0 Å². The van der Waals surface area contributed by atoms with Crippen molar-refractivity contribution in [3.63, 3.8) is 0 Å². The molecule has 0 aliphatic carbocycles. The Morgan fingerprint density at radius 3 is 2.25 bits per heavy atom. The number of hydrogen-bond donors (Lipinski definition) is 4. The van der Waals surface area contributed by atoms with Gasteiger partial charge < -0.3 is 34.6 Å². The standard InChI is InChI=1S/C12H20O8/c1-4-7(14)11(5(2)18-4)20-12-10(17)9(16)8(15)6(3-13)19-12/h4-6,8-13,15-17H,3H2,1-2H3/t4?,5?,6-,8-,9+,10-,11?,12+/m1/s1. The smallest absolute Gasteiger partial charge is 0.192 e. The van der Waals surface area contributed by atoms with Crippen LogP contribution in [0.4, 0.5) is 0 Å². The predicted octanol–water partition coefficient (Wildman–Crippen LogP) is -2.45. The van der Waals surface area contributed by atoms with Gasteiger partial charge in [-0.2, -0.15) is 0 Å². The zero-order valence-corrected chi connectivity index (χ0v) is 11.2. The third-order valence-electron chi connectivity index (χ3n) is 3.66. The van der Waals surface area contributed by atoms with Crippen molar-refractivity contribution < 1.29 is 39.4 Å². The Morgan fingerprint density at radius 2 is 1.75 bits per heavy atom. The molecular formula is C12H20O8. The number of hydrogen-bond acceptors (Lipinski definition) is 8. The van der Waals surface area contributed by atoms with Gasteiger partial charge in [-0.25, -0.2) is 0 Å². The van der Waals surface area contributed by atoms with Crippen LogP contribution in [0.2, 0.25) is 0 Å². The van der Waals surface area contributed by atoms with E-state index in [9.17, 15) is 20.1 Å². The molecule has 0 aromatic heterocycles. The molecule has 0 radical (unpaired) electrons. The van der Waals surface area contributed by atoms with E-state index in [1.807, 2.05) is 0 Å². The van der Waals surface area contributed by atoms with E-state index in [1.165, 1.54) is 0 Å². The summed E-state index contributed by atoms with van der Waals surface area (Å²) in [6.45, 7) is 2.69. The van der Waals surface area contributed by atoms with Crippen molar-refractivity contribution in [2.75, 3.05) is 6.61 Å². The second-order valence-corrected chi connectivity index (χ2v) is 5.14. The second-order valence-electron chi connectivity index (χ2n) is 5.14. The van der Waals surface area contributed by atoms with Crippen LogP contribution in [0.3, 0.4) is 0 Å². The molecular weight excluding hydrogens is 272 g/mol. The minimum atomic E-state index is -1.53. The highest BCUT2D eigenvalue weighted by Gasteiger charge is 2.48. The first-order chi connectivity index (χ1) is 9.36. The Bertz CT molecular complexity index is 359. The van der Waals surface area contributed by atoms with E-state index >= 15 is 0 Å². The first kappa shape index (κ1) is 15.8. The zero-order chi connectivity index (χ0) is 15.0. The molecule has 3 unspecified atom stereocenters. The summed E-state index contributed by atoms with van der Waals surface area (Å²) in [4.78, 5) is 11.8. The van der Waals surface area contributed by atoms with Gasteiger partial charge >= 0.3 is 0 Å². The van der Waals surface area contributed by atoms with Crippen LogP contribution in [0.25, 0.3) is 0 Å². The lowest BCUT2D eigenvalue weighted by Gasteiger charge is -2.40. The Kier molecular flexibility index (Phi) is 4.75. The third kappa shape index (κ3) is 2.73. The summed E-state index contributed by atoms with van der Waals surface area (Å²) in [5, 5.41) is 38.2. The van der Waals surface area contributed by atoms with Crippen LogP contribution in [-0.4, -0.2) is 81.8 Å². The number of carbonyl (C=O) groups excluding carboxylic acids is 1. The lowest BCUT2D eigenvalue weighted by molar-refractivity contribution is -0.310. The van der Waals surface area contributed by atoms with Gasteiger partial charge in [-0.15, -0.1) is 0 Å². The average molecular weight is 292 g/mol. The minimum absolute atomic E-state index is 0.283. The summed E-state index contributed by atoms with van der Waals surface area (Å²) in [6.07, 6.45) is -8.95. The molecule has 2 rings (SSSR count). The fraction of sp³-hybridized carbons (Fsp3) is 0.917. The number of Topliss-reactive ketones (excluding diaryl/α,β-unsaturated/α-hetero) is 1. The fourth-order valence-electron chi connectivity index (χ4n) is 2.43. The summed E-state index contributed by atoms with van der Waals surface area (Å²) in [5.41, 5.74) is 0. The highest BCUT2D eigenvalue weighted by Crippen LogP contribution is 2.27. The normalized spacial score (nSPS) is 49.6. The fourth-order valence-corrected chi connectivity index (χ4v) is 2.43. The summed E-state index contributed by atoms with van der Waals surface area (Å²) in [5.74, 6) is -0.283. The molecule has 116 valence electrons. The van der Waals surface area contributed by atoms with E-state index in [4.69, 9.17) is 19.3 Å². The zero-order valence-electron chi connectivity index (χ0n) is 11.2. The van der Waals surface area contributed by atoms with Crippen LogP contribution >= 0.6 is 0 Å². The maximum Gasteiger partial charge on any atom is 0.192 e. The molecule has 0 spiro atoms. The maximum atomic E-state index is 11.8. The molecule has 0 bridgehead atoms. The van der Waals surface area contributed by atoms with Gasteiger partial charge in [0.1, 0.15) is 36.6 Å². The SMILES string of the molecule is CC1OC(C)C(O[C@@H]2O[C@H](CO)[C@@H](O)[C@H](O)[C@H]2O)C1=O. The van der Waals surface area contributed by atoms with Gasteiger partial charge in [0.15, 0.2) is 12.1 Å². The lowest BCUT2D eigenvalue weighted by atomic mass is 9.99. The third-order valence-corrected chi connectivity index (χ3v) is 3.66. The maximum absolute atomic E-state index is 11.8. The Hall–Kier alpha value is -0.610. The molecule has 2 saturated heterocycles. The van der Waals surface area contributed by atoms with Crippen LogP contribution in [0.15, 0.2) is 0 Å². The predicted molar refractivity (Wildman–Crippen MR) is 63.7 cm³/mol. The molecule has 2 aliphatic heterocycles. The number of aliphatic hydroxyl groups excluding tert-OH is 4. The van der Waals surface area contributed by atoms with E-state index in [2.05, 4.69) is 0 Å². The number of rotatable bonds is 3. The van der Waals surface area contributed by atoms with Gasteiger partial charge in [-0.1, -0.05) is 0 Å². The molecule has 8 nitrogen and oxygen atoms in total. The summed E-state index contributed by atoms with van der Waals surface area (Å²) in [7, 11) is 0. The molecule has 0 aromatic rings. The lowest BCUT2D eigenvalue weighted by Crippen LogP contribution is -2.60. The van der Waals surface area contributed by atoms with Gasteiger partial charge in [0.05, 0.1) is 12.7 Å². The van der Waals surface area contributed by atoms with Crippen LogP contribution in [0.5, 0.6) is 0 Å². The molecule has 20 heavy (non-hydrogen) atoms. The van der Waals surface area contributed by atoms with Crippen LogP contribution in [0, 0.1) is 0 Å². The van der Waals surface area contributed by atoms with E-state index in [0.717, 1.165) is 0 Å². The van der Waals surface area contributed by atoms with Crippen molar-refractivity contribution in [2.45, 2.75) is 62.9 Å². The van der Waals surface area contributed by atoms with Gasteiger partial charge in [0, 0.05) is 0 Å². The van der Waals surface area contributed by atoms with Crippen LogP contribution in [0.1, 0.15) is 13.8 Å². The average Bonchev–Trinajstić information content (AvgIpc) is 2.65. The van der Waals surface area contributed by atoms with Gasteiger partial charge in [0.25, 0.3) is 0 Å². The highest BCUT2D eigenvalue weighted by molar-refractivity contribution is 5.89. The van der Waals surface area contributed by atoms with Crippen LogP contribution in [-0.2, 0) is 19.0 Å². The molecule has 0 amide bonds. The van der Waals surface area contributed by atoms with E-state index in [0.29, 0.717) is 0 Å². The summed E-state index contributed by atoms with van der Waals surface area (Å²) in [6, 6.07) is 0. The van der Waals surface area contributed by atoms with Crippen molar-refractivity contribution >= 4 is 5.78 Å². The van der Waals surface area contributed by atoms with E-state index in [1.54, 1.807) is 13.8 Å². The molecule has 0 saturated carbocycles. The molecule has 4 N–H and O–H groups in total. The highest BCUT2D eigenvalue weighted by atomic mass is 16.7. The Morgan fingerprint density at radius 1 is 1.10 bits per heavy atom. The molecule has 2 fully saturated rings. The van der Waals surface area contributed by atoms with Gasteiger partial charge in [-0.05, 0) is 13.8 Å². The number of ether oxygens (including phenoxy) is 3. The monoisotopic (exact) mass is 292 g/mol. The first-order valence-corrected chi connectivity index (χ1v) is 6.52. The number of ketones is 1. The number of carbonyl (C=O) groups is 1. The quantitative estimate of drug-likeness (QED) is 0.451. The van der Waals surface area contributed by atoms with Crippen molar-refractivity contribution in [1.82, 2.24) is 0 Å². The molecule has 8 heteroatoms. The first-order valence-electron chi connectivity index (χ1n) is 6.52. The minimum Gasteiger partial charge on any atom is -0.394 e. The van der Waals surface area contributed by atoms with Crippen molar-refractivity contribution in [1.29, 1.82) is 0 Å². The van der Waals surface area contributed by atoms with E-state index < -0.39 is 55.6 Å². The molecule has 2 aliphatic rings.